The number of aromatic nitrogens is 3. The minimum Gasteiger partial charge on any atom is -0.464 e. The number of pyridine rings is 3. The molecule has 22 nitrogen and oxygen atoms in total. The number of esters is 3. The van der Waals surface area contributed by atoms with Crippen LogP contribution in [0.2, 0.25) is 5.15 Å². The molecule has 3 rings (SSSR count). The largest absolute Gasteiger partial charge is 0.464 e. The van der Waals surface area contributed by atoms with E-state index in [1.54, 1.807) is 20.3 Å². The van der Waals surface area contributed by atoms with Gasteiger partial charge in [-0.15, -0.1) is 0 Å². The second-order valence-electron chi connectivity index (χ2n) is 9.31. The highest BCUT2D eigenvalue weighted by atomic mass is 35.5. The minimum absolute atomic E-state index is 0. The number of nitrogen functional groups attached to an aromatic ring is 1. The summed E-state index contributed by atoms with van der Waals surface area (Å²) in [7, 11) is 8.44. The maximum absolute atomic E-state index is 11.3. The monoisotopic (exact) mass is 773 g/mol. The standard InChI is InChI=1S/C10H13N3O5.C10H15N3O3.C7H5ClN2O4.C3H9NO.H2/c1-17-6-5-11-9-8(13(15)16)4-3-7(12-9)10(14)18-2;1-15-6-5-12-9-7(11)3-4-8(13-9)10(14)16-2;1-14-7(11)4-2-3-5(10(12)13)6(8)9-4;1-5-3-2-4;/h3-4H,5-6H2,1-2H3,(H,11,12);3-4H,5-6,11H2,1-2H3,(H,12,13);2-3H,1H3;2-4H2,1H3;1H. The highest BCUT2D eigenvalue weighted by Crippen LogP contribution is 2.23. The SMILES string of the molecule is COC(=O)c1ccc([N+](=O)[O-])c(Cl)n1.COCCN.COCCNc1nc(C(=O)OC)ccc1N.COCCNc1nc(C(=O)OC)ccc1[N+](=O)[O-].[HH]. The summed E-state index contributed by atoms with van der Waals surface area (Å²) in [6, 6.07) is 7.84. The zero-order valence-electron chi connectivity index (χ0n) is 29.8. The number of nitrogens with one attached hydrogen (secondary N) is 2. The minimum atomic E-state index is -0.693. The molecule has 0 aliphatic rings. The van der Waals surface area contributed by atoms with E-state index in [0.29, 0.717) is 51.0 Å². The van der Waals surface area contributed by atoms with Gasteiger partial charge in [0.25, 0.3) is 0 Å². The van der Waals surface area contributed by atoms with Crippen LogP contribution in [0, 0.1) is 20.2 Å². The van der Waals surface area contributed by atoms with Crippen LogP contribution in [0.1, 0.15) is 32.9 Å². The maximum Gasteiger partial charge on any atom is 0.356 e. The molecule has 0 amide bonds. The number of hydrogen-bond acceptors (Lipinski definition) is 20. The van der Waals surface area contributed by atoms with Crippen LogP contribution in [0.25, 0.3) is 0 Å². The van der Waals surface area contributed by atoms with Gasteiger partial charge < -0.3 is 50.5 Å². The first-order valence-corrected chi connectivity index (χ1v) is 15.3. The predicted molar refractivity (Wildman–Crippen MR) is 193 cm³/mol. The lowest BCUT2D eigenvalue weighted by molar-refractivity contribution is -0.385. The molecule has 3 aromatic rings. The third-order valence-corrected chi connectivity index (χ3v) is 6.00. The lowest BCUT2D eigenvalue weighted by atomic mass is 10.3. The number of halogens is 1. The molecule has 0 saturated heterocycles. The van der Waals surface area contributed by atoms with Gasteiger partial charge in [0.1, 0.15) is 5.82 Å². The van der Waals surface area contributed by atoms with E-state index in [-0.39, 0.29) is 40.9 Å². The molecular formula is C30H44ClN9O13. The van der Waals surface area contributed by atoms with Crippen LogP contribution in [-0.4, -0.2) is 125 Å². The fourth-order valence-corrected chi connectivity index (χ4v) is 3.44. The fraction of sp³-hybridized carbons (Fsp3) is 0.400. The smallest absolute Gasteiger partial charge is 0.356 e. The van der Waals surface area contributed by atoms with E-state index >= 15 is 0 Å². The topological polar surface area (TPSA) is 308 Å². The number of nitro groups is 2. The zero-order valence-corrected chi connectivity index (χ0v) is 30.5. The molecule has 0 fully saturated rings. The van der Waals surface area contributed by atoms with E-state index < -0.39 is 27.8 Å². The predicted octanol–water partition coefficient (Wildman–Crippen LogP) is 2.61. The molecule has 0 radical (unpaired) electrons. The fourth-order valence-electron chi connectivity index (χ4n) is 3.22. The molecule has 0 aliphatic heterocycles. The number of carbonyl (C=O) groups is 3. The van der Waals surface area contributed by atoms with Crippen molar-refractivity contribution in [3.05, 3.63) is 78.9 Å². The normalized spacial score (nSPS) is 9.66. The average Bonchev–Trinajstić information content (AvgIpc) is 3.15. The Labute approximate surface area is 310 Å². The molecule has 53 heavy (non-hydrogen) atoms. The summed E-state index contributed by atoms with van der Waals surface area (Å²) in [5.74, 6) is -1.36. The number of nitrogens with two attached hydrogens (primary N) is 2. The van der Waals surface area contributed by atoms with Crippen molar-refractivity contribution in [1.82, 2.24) is 15.0 Å². The quantitative estimate of drug-likeness (QED) is 0.0430. The first-order chi connectivity index (χ1) is 25.3. The molecule has 0 aromatic carbocycles. The van der Waals surface area contributed by atoms with E-state index in [2.05, 4.69) is 44.5 Å². The molecule has 0 unspecified atom stereocenters. The molecule has 0 aliphatic carbocycles. The number of rotatable bonds is 15. The molecule has 3 heterocycles. The van der Waals surface area contributed by atoms with Gasteiger partial charge in [0, 0.05) is 54.5 Å². The van der Waals surface area contributed by atoms with E-state index in [9.17, 15) is 34.6 Å². The number of anilines is 3. The summed E-state index contributed by atoms with van der Waals surface area (Å²) < 4.78 is 27.7. The van der Waals surface area contributed by atoms with Crippen LogP contribution < -0.4 is 22.1 Å². The molecule has 6 N–H and O–H groups in total. The summed E-state index contributed by atoms with van der Waals surface area (Å²) >= 11 is 5.46. The second-order valence-corrected chi connectivity index (χ2v) is 9.67. The summed E-state index contributed by atoms with van der Waals surface area (Å²) in [4.78, 5) is 64.7. The first-order valence-electron chi connectivity index (χ1n) is 14.9. The Hall–Kier alpha value is -5.81. The van der Waals surface area contributed by atoms with Crippen molar-refractivity contribution >= 4 is 58.2 Å². The number of methoxy groups -OCH3 is 6. The van der Waals surface area contributed by atoms with Gasteiger partial charge in [0.2, 0.25) is 11.0 Å². The van der Waals surface area contributed by atoms with E-state index in [4.69, 9.17) is 32.5 Å². The van der Waals surface area contributed by atoms with Crippen LogP contribution >= 0.6 is 11.6 Å². The number of carbonyl (C=O) groups excluding carboxylic acids is 3. The van der Waals surface area contributed by atoms with Gasteiger partial charge in [-0.25, -0.2) is 29.3 Å². The summed E-state index contributed by atoms with van der Waals surface area (Å²) in [5.41, 5.74) is 10.8. The third kappa shape index (κ3) is 17.8. The van der Waals surface area contributed by atoms with E-state index in [1.807, 2.05) is 0 Å². The van der Waals surface area contributed by atoms with Gasteiger partial charge in [-0.05, 0) is 24.3 Å². The zero-order chi connectivity index (χ0) is 40.3. The molecule has 0 spiro atoms. The lowest BCUT2D eigenvalue weighted by Gasteiger charge is -2.08. The van der Waals surface area contributed by atoms with Gasteiger partial charge in [0.05, 0.1) is 56.7 Å². The lowest BCUT2D eigenvalue weighted by Crippen LogP contribution is -2.13. The number of ether oxygens (including phenoxy) is 6. The van der Waals surface area contributed by atoms with Crippen molar-refractivity contribution in [3.8, 4) is 0 Å². The van der Waals surface area contributed by atoms with E-state index in [1.165, 1.54) is 52.7 Å². The van der Waals surface area contributed by atoms with Crippen LogP contribution in [0.3, 0.4) is 0 Å². The van der Waals surface area contributed by atoms with Crippen LogP contribution in [0.5, 0.6) is 0 Å². The third-order valence-electron chi connectivity index (χ3n) is 5.73. The Balaban J connectivity index is 0. The van der Waals surface area contributed by atoms with Crippen molar-refractivity contribution in [1.29, 1.82) is 0 Å². The van der Waals surface area contributed by atoms with Crippen molar-refractivity contribution in [3.63, 3.8) is 0 Å². The Morgan fingerprint density at radius 1 is 0.679 bits per heavy atom. The van der Waals surface area contributed by atoms with Crippen LogP contribution in [0.4, 0.5) is 28.7 Å². The van der Waals surface area contributed by atoms with Gasteiger partial charge >= 0.3 is 29.3 Å². The maximum atomic E-state index is 11.3. The van der Waals surface area contributed by atoms with Gasteiger partial charge in [0.15, 0.2) is 17.1 Å². The number of hydrogen-bond donors (Lipinski definition) is 4. The van der Waals surface area contributed by atoms with Crippen molar-refractivity contribution in [2.45, 2.75) is 0 Å². The average molecular weight is 774 g/mol. The highest BCUT2D eigenvalue weighted by Gasteiger charge is 2.19. The van der Waals surface area contributed by atoms with Gasteiger partial charge in [-0.3, -0.25) is 20.2 Å². The second kappa shape index (κ2) is 26.9. The summed E-state index contributed by atoms with van der Waals surface area (Å²) in [6.07, 6.45) is 0. The summed E-state index contributed by atoms with van der Waals surface area (Å²) in [5, 5.41) is 26.5. The Morgan fingerprint density at radius 2 is 1.08 bits per heavy atom. The van der Waals surface area contributed by atoms with Gasteiger partial charge in [-0.1, -0.05) is 11.6 Å². The Bertz CT molecular complexity index is 1640. The first kappa shape index (κ1) is 47.2. The number of nitrogens with zero attached hydrogens (tertiary/aromatic N) is 5. The van der Waals surface area contributed by atoms with E-state index in [0.717, 1.165) is 6.07 Å². The van der Waals surface area contributed by atoms with Crippen LogP contribution in [-0.2, 0) is 28.4 Å². The molecule has 23 heteroatoms. The van der Waals surface area contributed by atoms with Crippen LogP contribution in [0.15, 0.2) is 36.4 Å². The summed E-state index contributed by atoms with van der Waals surface area (Å²) in [6.45, 7) is 3.09. The molecule has 3 aromatic heterocycles. The molecular weight excluding hydrogens is 730 g/mol. The Morgan fingerprint density at radius 3 is 1.45 bits per heavy atom. The Kier molecular flexibility index (Phi) is 24.0. The van der Waals surface area contributed by atoms with Crippen molar-refractivity contribution in [2.75, 3.05) is 98.5 Å². The molecule has 0 bridgehead atoms. The molecule has 0 atom stereocenters. The van der Waals surface area contributed by atoms with Gasteiger partial charge in [-0.2, -0.15) is 0 Å². The molecule has 0 saturated carbocycles. The van der Waals surface area contributed by atoms with Crippen molar-refractivity contribution in [2.24, 2.45) is 5.73 Å². The van der Waals surface area contributed by atoms with Crippen molar-refractivity contribution < 1.29 is 54.1 Å². The highest BCUT2D eigenvalue weighted by molar-refractivity contribution is 6.31. The molecule has 294 valence electrons.